The van der Waals surface area contributed by atoms with Crippen molar-refractivity contribution in [1.82, 2.24) is 0 Å². The number of allylic oxidation sites excluding steroid dienone is 3. The molecule has 0 aromatic heterocycles. The van der Waals surface area contributed by atoms with E-state index in [1.807, 2.05) is 0 Å². The summed E-state index contributed by atoms with van der Waals surface area (Å²) in [5.41, 5.74) is 5.58. The average Bonchev–Trinajstić information content (AvgIpc) is 2.78. The lowest BCUT2D eigenvalue weighted by molar-refractivity contribution is 0.669. The van der Waals surface area contributed by atoms with E-state index in [0.29, 0.717) is 0 Å². The molecule has 164 valence electrons. The van der Waals surface area contributed by atoms with Gasteiger partial charge in [-0.05, 0) is 54.7 Å². The van der Waals surface area contributed by atoms with Crippen molar-refractivity contribution >= 4 is 24.5 Å². The third-order valence-electron chi connectivity index (χ3n) is 6.92. The monoisotopic (exact) mass is 436 g/mol. The first kappa shape index (κ1) is 22.5. The molecule has 0 nitrogen and oxygen atoms in total. The van der Waals surface area contributed by atoms with Gasteiger partial charge < -0.3 is 0 Å². The van der Waals surface area contributed by atoms with E-state index >= 15 is 0 Å². The number of hydrogen-bond donors (Lipinski definition) is 0. The van der Waals surface area contributed by atoms with Gasteiger partial charge in [0.15, 0.2) is 8.07 Å². The Hall–Kier alpha value is -2.64. The van der Waals surface area contributed by atoms with Crippen LogP contribution in [-0.2, 0) is 0 Å². The summed E-state index contributed by atoms with van der Waals surface area (Å²) < 4.78 is 0. The zero-order chi connectivity index (χ0) is 22.6. The van der Waals surface area contributed by atoms with E-state index in [1.165, 1.54) is 59.5 Å². The largest absolute Gasteiger partial charge is 0.176 e. The van der Waals surface area contributed by atoms with Crippen molar-refractivity contribution in [3.05, 3.63) is 112 Å². The fraction of sp³-hybridized carbons (Fsp3) is 0.290. The third-order valence-corrected chi connectivity index (χ3v) is 12.2. The molecule has 1 heterocycles. The number of unbranched alkanes of at least 4 members (excludes halogenated alkanes) is 3. The molecule has 3 aromatic carbocycles. The lowest BCUT2D eigenvalue weighted by atomic mass is 10.1. The van der Waals surface area contributed by atoms with E-state index in [2.05, 4.69) is 113 Å². The molecule has 32 heavy (non-hydrogen) atoms. The van der Waals surface area contributed by atoms with Gasteiger partial charge in [0.25, 0.3) is 0 Å². The van der Waals surface area contributed by atoms with E-state index in [-0.39, 0.29) is 0 Å². The van der Waals surface area contributed by atoms with Gasteiger partial charge in [-0.3, -0.25) is 0 Å². The maximum Gasteiger partial charge on any atom is 0.176 e. The molecule has 0 radical (unpaired) electrons. The van der Waals surface area contributed by atoms with E-state index in [1.54, 1.807) is 15.6 Å². The zero-order valence-corrected chi connectivity index (χ0v) is 21.1. The highest BCUT2D eigenvalue weighted by atomic mass is 28.3. The molecule has 1 aliphatic heterocycles. The van der Waals surface area contributed by atoms with Crippen LogP contribution in [0.4, 0.5) is 0 Å². The molecule has 0 aliphatic carbocycles. The summed E-state index contributed by atoms with van der Waals surface area (Å²) in [5, 5.41) is 6.40. The Kier molecular flexibility index (Phi) is 6.96. The molecule has 0 saturated carbocycles. The second kappa shape index (κ2) is 9.88. The van der Waals surface area contributed by atoms with Crippen molar-refractivity contribution in [2.75, 3.05) is 0 Å². The van der Waals surface area contributed by atoms with Gasteiger partial charge in [0.2, 0.25) is 0 Å². The minimum Gasteiger partial charge on any atom is -0.0674 e. The second-order valence-corrected chi connectivity index (χ2v) is 13.2. The van der Waals surface area contributed by atoms with Gasteiger partial charge in [-0.1, -0.05) is 133 Å². The molecular weight excluding hydrogens is 400 g/mol. The van der Waals surface area contributed by atoms with Gasteiger partial charge in [-0.15, -0.1) is 0 Å². The summed E-state index contributed by atoms with van der Waals surface area (Å²) in [6.07, 6.45) is 11.5. The van der Waals surface area contributed by atoms with E-state index < -0.39 is 8.07 Å². The highest BCUT2D eigenvalue weighted by Gasteiger charge is 2.50. The minimum absolute atomic E-state index is 1.22. The number of aryl methyl sites for hydroxylation is 3. The standard InChI is InChI=1S/C31H36Si/c1-5-6-7-12-19-29-23-30(22-27-15-10-8-11-16-27)32(29,28-17-13-9-14-18-28)31-25(3)20-24(2)21-26(31)4/h8-11,13-18,20-23H,5-7,12,19H2,1-4H3. The van der Waals surface area contributed by atoms with Gasteiger partial charge in [0.1, 0.15) is 0 Å². The molecule has 0 fully saturated rings. The van der Waals surface area contributed by atoms with E-state index in [9.17, 15) is 0 Å². The predicted molar refractivity (Wildman–Crippen MR) is 143 cm³/mol. The van der Waals surface area contributed by atoms with Crippen LogP contribution in [0.2, 0.25) is 0 Å². The summed E-state index contributed by atoms with van der Waals surface area (Å²) in [6.45, 7) is 9.19. The molecule has 3 aromatic rings. The van der Waals surface area contributed by atoms with Gasteiger partial charge in [0.05, 0.1) is 0 Å². The molecule has 1 heteroatoms. The Morgan fingerprint density at radius 2 is 1.38 bits per heavy atom. The van der Waals surface area contributed by atoms with E-state index in [0.717, 1.165) is 0 Å². The Bertz CT molecular complexity index is 1100. The van der Waals surface area contributed by atoms with Crippen LogP contribution < -0.4 is 10.4 Å². The quantitative estimate of drug-likeness (QED) is 0.258. The van der Waals surface area contributed by atoms with Gasteiger partial charge >= 0.3 is 0 Å². The van der Waals surface area contributed by atoms with Crippen molar-refractivity contribution in [1.29, 1.82) is 0 Å². The molecule has 1 aliphatic rings. The average molecular weight is 437 g/mol. The fourth-order valence-electron chi connectivity index (χ4n) is 5.65. The fourth-order valence-corrected chi connectivity index (χ4v) is 11.1. The molecule has 0 bridgehead atoms. The van der Waals surface area contributed by atoms with Gasteiger partial charge in [-0.2, -0.15) is 0 Å². The van der Waals surface area contributed by atoms with Crippen LogP contribution in [0, 0.1) is 20.8 Å². The van der Waals surface area contributed by atoms with Crippen LogP contribution in [0.25, 0.3) is 6.08 Å². The first-order valence-corrected chi connectivity index (χ1v) is 14.2. The van der Waals surface area contributed by atoms with Crippen molar-refractivity contribution in [3.63, 3.8) is 0 Å². The first-order chi connectivity index (χ1) is 15.6. The summed E-state index contributed by atoms with van der Waals surface area (Å²) in [7, 11) is -2.19. The second-order valence-electron chi connectivity index (χ2n) is 9.38. The highest BCUT2D eigenvalue weighted by Crippen LogP contribution is 2.40. The minimum atomic E-state index is -2.19. The van der Waals surface area contributed by atoms with Crippen LogP contribution >= 0.6 is 0 Å². The maximum absolute atomic E-state index is 2.54. The lowest BCUT2D eigenvalue weighted by Gasteiger charge is -2.46. The topological polar surface area (TPSA) is 0 Å². The van der Waals surface area contributed by atoms with Crippen LogP contribution in [0.5, 0.6) is 0 Å². The normalized spacial score (nSPS) is 19.0. The van der Waals surface area contributed by atoms with Crippen LogP contribution in [0.1, 0.15) is 61.3 Å². The molecule has 0 amide bonds. The third kappa shape index (κ3) is 4.19. The Labute approximate surface area is 195 Å². The number of rotatable bonds is 8. The van der Waals surface area contributed by atoms with Gasteiger partial charge in [-0.25, -0.2) is 0 Å². The Morgan fingerprint density at radius 1 is 0.750 bits per heavy atom. The van der Waals surface area contributed by atoms with Crippen molar-refractivity contribution in [2.24, 2.45) is 0 Å². The maximum atomic E-state index is 2.54. The summed E-state index contributed by atoms with van der Waals surface area (Å²) in [6, 6.07) is 27.1. The van der Waals surface area contributed by atoms with Crippen molar-refractivity contribution in [2.45, 2.75) is 59.8 Å². The molecule has 0 saturated heterocycles. The van der Waals surface area contributed by atoms with Crippen LogP contribution in [0.3, 0.4) is 0 Å². The van der Waals surface area contributed by atoms with Crippen molar-refractivity contribution in [3.8, 4) is 0 Å². The molecule has 0 N–H and O–H groups in total. The molecular formula is C31H36Si. The summed E-state index contributed by atoms with van der Waals surface area (Å²) >= 11 is 0. The zero-order valence-electron chi connectivity index (χ0n) is 20.1. The molecule has 4 rings (SSSR count). The Morgan fingerprint density at radius 3 is 2.00 bits per heavy atom. The molecule has 1 atom stereocenters. The van der Waals surface area contributed by atoms with Crippen molar-refractivity contribution < 1.29 is 0 Å². The number of hydrogen-bond acceptors (Lipinski definition) is 0. The highest BCUT2D eigenvalue weighted by molar-refractivity contribution is 7.15. The molecule has 1 unspecified atom stereocenters. The summed E-state index contributed by atoms with van der Waals surface area (Å²) in [5.74, 6) is 0. The SMILES string of the molecule is CCCCCCC1=CC(=Cc2ccccc2)[Si]1(c1ccccc1)c1c(C)cc(C)cc1C. The first-order valence-electron chi connectivity index (χ1n) is 12.2. The predicted octanol–water partition coefficient (Wildman–Crippen LogP) is 7.25. The van der Waals surface area contributed by atoms with Crippen LogP contribution in [0.15, 0.2) is 89.3 Å². The smallest absolute Gasteiger partial charge is 0.0674 e. The summed E-state index contributed by atoms with van der Waals surface area (Å²) in [4.78, 5) is 0. The van der Waals surface area contributed by atoms with Gasteiger partial charge in [0, 0.05) is 0 Å². The number of benzene rings is 3. The lowest BCUT2D eigenvalue weighted by Crippen LogP contribution is -2.67. The van der Waals surface area contributed by atoms with E-state index in [4.69, 9.17) is 0 Å². The van der Waals surface area contributed by atoms with Crippen LogP contribution in [-0.4, -0.2) is 8.07 Å². The molecule has 0 spiro atoms. The Balaban J connectivity index is 1.94.